The molecule has 0 aromatic heterocycles. The van der Waals surface area contributed by atoms with Crippen molar-refractivity contribution in [3.05, 3.63) is 71.5 Å². The highest BCUT2D eigenvalue weighted by molar-refractivity contribution is 7.90. The number of amides is 1. The monoisotopic (exact) mass is 501 g/mol. The summed E-state index contributed by atoms with van der Waals surface area (Å²) in [6.07, 6.45) is -4.17. The predicted molar refractivity (Wildman–Crippen MR) is 115 cm³/mol. The number of halogens is 4. The van der Waals surface area contributed by atoms with Crippen molar-refractivity contribution in [2.45, 2.75) is 30.9 Å². The number of nitrogens with zero attached hydrogens (tertiary/aromatic N) is 1. The molecule has 7 nitrogen and oxygen atoms in total. The van der Waals surface area contributed by atoms with Crippen molar-refractivity contribution in [2.75, 3.05) is 18.6 Å². The summed E-state index contributed by atoms with van der Waals surface area (Å²) in [5.41, 5.74) is 0.387. The number of hydrogen-bond acceptors (Lipinski definition) is 6. The molecule has 12 heteroatoms. The molecule has 0 heterocycles. The summed E-state index contributed by atoms with van der Waals surface area (Å²) < 4.78 is 83.3. The summed E-state index contributed by atoms with van der Waals surface area (Å²) in [7, 11) is -3.91. The van der Waals surface area contributed by atoms with E-state index in [0.29, 0.717) is 0 Å². The van der Waals surface area contributed by atoms with Gasteiger partial charge in [0, 0.05) is 6.26 Å². The van der Waals surface area contributed by atoms with Crippen LogP contribution in [0.1, 0.15) is 17.2 Å². The maximum Gasteiger partial charge on any atom is 0.407 e. The number of alkyl halides is 3. The van der Waals surface area contributed by atoms with E-state index in [0.717, 1.165) is 36.1 Å². The number of nitrogens with one attached hydrogen (secondary N) is 2. The topological polar surface area (TPSA) is 108 Å². The van der Waals surface area contributed by atoms with Gasteiger partial charge >= 0.3 is 6.18 Å². The van der Waals surface area contributed by atoms with E-state index in [1.807, 2.05) is 5.32 Å². The molecule has 1 amide bonds. The van der Waals surface area contributed by atoms with Crippen molar-refractivity contribution in [1.82, 2.24) is 10.6 Å². The van der Waals surface area contributed by atoms with Crippen LogP contribution in [0, 0.1) is 17.1 Å². The number of carbonyl (C=O) groups excluding carboxylic acids is 1. The van der Waals surface area contributed by atoms with Crippen molar-refractivity contribution < 1.29 is 35.5 Å². The quantitative estimate of drug-likeness (QED) is 0.459. The molecular formula is C22H23F4N3O4S. The first-order chi connectivity index (χ1) is 15.9. The Balaban J connectivity index is 2.15. The fourth-order valence-electron chi connectivity index (χ4n) is 2.99. The summed E-state index contributed by atoms with van der Waals surface area (Å²) in [6, 6.07) is 8.52. The Morgan fingerprint density at radius 1 is 1.12 bits per heavy atom. The molecule has 184 valence electrons. The number of benzene rings is 2. The molecule has 0 fully saturated rings. The lowest BCUT2D eigenvalue weighted by atomic mass is 10.1. The lowest BCUT2D eigenvalue weighted by molar-refractivity contribution is -0.160. The van der Waals surface area contributed by atoms with Crippen LogP contribution in [0.2, 0.25) is 0 Å². The van der Waals surface area contributed by atoms with Gasteiger partial charge in [-0.15, -0.1) is 0 Å². The minimum absolute atomic E-state index is 0.126. The number of hydrogen-bond donors (Lipinski definition) is 2. The van der Waals surface area contributed by atoms with Crippen molar-refractivity contribution in [3.63, 3.8) is 0 Å². The van der Waals surface area contributed by atoms with E-state index >= 15 is 0 Å². The van der Waals surface area contributed by atoms with E-state index in [4.69, 9.17) is 4.74 Å². The van der Waals surface area contributed by atoms with E-state index in [-0.39, 0.29) is 13.2 Å². The van der Waals surface area contributed by atoms with Crippen molar-refractivity contribution in [2.24, 2.45) is 0 Å². The molecule has 0 radical (unpaired) electrons. The van der Waals surface area contributed by atoms with Crippen LogP contribution in [0.5, 0.6) is 0 Å². The third kappa shape index (κ3) is 9.09. The van der Waals surface area contributed by atoms with Gasteiger partial charge in [-0.3, -0.25) is 10.1 Å². The molecule has 0 unspecified atom stereocenters. The molecular weight excluding hydrogens is 478 g/mol. The van der Waals surface area contributed by atoms with Crippen molar-refractivity contribution >= 4 is 15.7 Å². The van der Waals surface area contributed by atoms with Crippen LogP contribution in [-0.2, 0) is 26.0 Å². The normalized spacial score (nSPS) is 14.6. The Morgan fingerprint density at radius 3 is 2.26 bits per heavy atom. The van der Waals surface area contributed by atoms with Gasteiger partial charge in [-0.05, 0) is 23.3 Å². The largest absolute Gasteiger partial charge is 0.407 e. The van der Waals surface area contributed by atoms with Crippen molar-refractivity contribution in [1.29, 1.82) is 5.26 Å². The zero-order valence-corrected chi connectivity index (χ0v) is 18.9. The summed E-state index contributed by atoms with van der Waals surface area (Å²) in [5.74, 6) is -2.85. The van der Waals surface area contributed by atoms with Crippen LogP contribution in [0.15, 0.2) is 54.6 Å². The third-order valence-electron chi connectivity index (χ3n) is 4.55. The van der Waals surface area contributed by atoms with E-state index < -0.39 is 57.2 Å². The highest BCUT2D eigenvalue weighted by atomic mass is 32.2. The second-order valence-electron chi connectivity index (χ2n) is 7.53. The molecule has 3 atom stereocenters. The Kier molecular flexibility index (Phi) is 9.55. The number of ether oxygens (including phenoxy) is 1. The first-order valence-corrected chi connectivity index (χ1v) is 12.0. The minimum atomic E-state index is -4.93. The molecule has 0 saturated carbocycles. The molecule has 0 aliphatic heterocycles. The Morgan fingerprint density at radius 2 is 1.74 bits per heavy atom. The first kappa shape index (κ1) is 27.2. The zero-order valence-electron chi connectivity index (χ0n) is 18.0. The Bertz CT molecular complexity index is 1090. The van der Waals surface area contributed by atoms with Gasteiger partial charge in [-0.2, -0.15) is 18.4 Å². The second-order valence-corrected chi connectivity index (χ2v) is 9.71. The van der Waals surface area contributed by atoms with Crippen molar-refractivity contribution in [3.8, 4) is 6.07 Å². The van der Waals surface area contributed by atoms with Crippen LogP contribution >= 0.6 is 0 Å². The molecule has 0 spiro atoms. The SMILES string of the molecule is CS(=O)(=O)C[C@H](N[C@@H](c1ccc(F)cc1)C(F)(F)F)C(=O)N[C@H](C#N)COCc1ccccc1. The summed E-state index contributed by atoms with van der Waals surface area (Å²) in [4.78, 5) is 12.7. The molecule has 0 saturated heterocycles. The fourth-order valence-corrected chi connectivity index (χ4v) is 3.84. The van der Waals surface area contributed by atoms with E-state index in [2.05, 4.69) is 5.32 Å². The zero-order chi connectivity index (χ0) is 25.4. The van der Waals surface area contributed by atoms with E-state index in [1.54, 1.807) is 36.4 Å². The second kappa shape index (κ2) is 11.9. The average molecular weight is 502 g/mol. The maximum atomic E-state index is 13.7. The molecule has 2 N–H and O–H groups in total. The van der Waals surface area contributed by atoms with Gasteiger partial charge < -0.3 is 10.1 Å². The van der Waals surface area contributed by atoms with Gasteiger partial charge in [0.25, 0.3) is 0 Å². The number of sulfone groups is 1. The predicted octanol–water partition coefficient (Wildman–Crippen LogP) is 2.66. The lowest BCUT2D eigenvalue weighted by Gasteiger charge is -2.27. The lowest BCUT2D eigenvalue weighted by Crippen LogP contribution is -2.54. The summed E-state index contributed by atoms with van der Waals surface area (Å²) >= 11 is 0. The number of carbonyl (C=O) groups is 1. The average Bonchev–Trinajstić information content (AvgIpc) is 2.75. The van der Waals surface area contributed by atoms with Gasteiger partial charge in [0.2, 0.25) is 5.91 Å². The van der Waals surface area contributed by atoms with Crippen LogP contribution in [0.3, 0.4) is 0 Å². The van der Waals surface area contributed by atoms with Crippen LogP contribution in [0.25, 0.3) is 0 Å². The van der Waals surface area contributed by atoms with Gasteiger partial charge in [-0.1, -0.05) is 42.5 Å². The molecule has 0 aliphatic carbocycles. The molecule has 2 aromatic rings. The molecule has 0 bridgehead atoms. The molecule has 2 aromatic carbocycles. The highest BCUT2D eigenvalue weighted by Crippen LogP contribution is 2.33. The smallest absolute Gasteiger partial charge is 0.374 e. The van der Waals surface area contributed by atoms with Gasteiger partial charge in [0.15, 0.2) is 0 Å². The first-order valence-electron chi connectivity index (χ1n) is 9.96. The van der Waals surface area contributed by atoms with Gasteiger partial charge in [0.1, 0.15) is 33.8 Å². The van der Waals surface area contributed by atoms with Crippen LogP contribution in [0.4, 0.5) is 17.6 Å². The highest BCUT2D eigenvalue weighted by Gasteiger charge is 2.43. The fraction of sp³-hybridized carbons (Fsp3) is 0.364. The van der Waals surface area contributed by atoms with E-state index in [9.17, 15) is 36.0 Å². The Labute approximate surface area is 194 Å². The van der Waals surface area contributed by atoms with E-state index in [1.165, 1.54) is 0 Å². The van der Waals surface area contributed by atoms with Gasteiger partial charge in [-0.25, -0.2) is 12.8 Å². The third-order valence-corrected chi connectivity index (χ3v) is 5.49. The maximum absolute atomic E-state index is 13.7. The molecule has 2 rings (SSSR count). The standard InChI is InChI=1S/C22H23F4N3O4S/c1-34(31,32)14-19(29-20(22(24,25)26)16-7-9-17(23)10-8-16)21(30)28-18(11-27)13-33-12-15-5-3-2-4-6-15/h2-10,18-20,29H,12-14H2,1H3,(H,28,30)/t18-,19+,20+/m1/s1. The van der Waals surface area contributed by atoms with Crippen LogP contribution < -0.4 is 10.6 Å². The summed E-state index contributed by atoms with van der Waals surface area (Å²) in [6.45, 7) is -0.149. The van der Waals surface area contributed by atoms with Crippen LogP contribution in [-0.4, -0.2) is 51.2 Å². The molecule has 34 heavy (non-hydrogen) atoms. The Hall–Kier alpha value is -3.01. The number of rotatable bonds is 11. The minimum Gasteiger partial charge on any atom is -0.374 e. The number of nitriles is 1. The molecule has 0 aliphatic rings. The summed E-state index contributed by atoms with van der Waals surface area (Å²) in [5, 5.41) is 13.5. The van der Waals surface area contributed by atoms with Gasteiger partial charge in [0.05, 0.1) is 25.0 Å².